The molecular formula is C16H18BrFN2O. The predicted molar refractivity (Wildman–Crippen MR) is 85.6 cm³/mol. The van der Waals surface area contributed by atoms with E-state index < -0.39 is 0 Å². The van der Waals surface area contributed by atoms with E-state index in [9.17, 15) is 4.39 Å². The van der Waals surface area contributed by atoms with Crippen LogP contribution in [-0.4, -0.2) is 13.2 Å². The lowest BCUT2D eigenvalue weighted by Crippen LogP contribution is -2.38. The molecule has 0 fully saturated rings. The minimum absolute atomic E-state index is 0.0794. The van der Waals surface area contributed by atoms with Crippen molar-refractivity contribution >= 4 is 15.9 Å². The van der Waals surface area contributed by atoms with Gasteiger partial charge in [-0.3, -0.25) is 11.3 Å². The van der Waals surface area contributed by atoms with Crippen LogP contribution >= 0.6 is 15.9 Å². The maximum Gasteiger partial charge on any atom is 0.133 e. The van der Waals surface area contributed by atoms with E-state index >= 15 is 0 Å². The number of benzene rings is 2. The number of hydrazine groups is 1. The highest BCUT2D eigenvalue weighted by Gasteiger charge is 2.10. The Morgan fingerprint density at radius 1 is 1.14 bits per heavy atom. The molecule has 0 amide bonds. The first-order valence-corrected chi connectivity index (χ1v) is 7.44. The van der Waals surface area contributed by atoms with E-state index in [0.717, 1.165) is 34.2 Å². The van der Waals surface area contributed by atoms with Gasteiger partial charge in [-0.05, 0) is 64.2 Å². The average molecular weight is 353 g/mol. The van der Waals surface area contributed by atoms with E-state index in [1.54, 1.807) is 19.2 Å². The monoisotopic (exact) mass is 352 g/mol. The summed E-state index contributed by atoms with van der Waals surface area (Å²) in [4.78, 5) is 0. The summed E-state index contributed by atoms with van der Waals surface area (Å²) in [7, 11) is 1.64. The molecule has 2 aromatic rings. The lowest BCUT2D eigenvalue weighted by Gasteiger charge is -2.16. The topological polar surface area (TPSA) is 47.3 Å². The summed E-state index contributed by atoms with van der Waals surface area (Å²) in [5.41, 5.74) is 5.02. The van der Waals surface area contributed by atoms with Crippen LogP contribution in [0.3, 0.4) is 0 Å². The van der Waals surface area contributed by atoms with Crippen LogP contribution in [0, 0.1) is 5.82 Å². The van der Waals surface area contributed by atoms with E-state index in [1.807, 2.05) is 18.2 Å². The van der Waals surface area contributed by atoms with Gasteiger partial charge in [-0.2, -0.15) is 0 Å². The Morgan fingerprint density at radius 3 is 2.33 bits per heavy atom. The van der Waals surface area contributed by atoms with Crippen molar-refractivity contribution in [3.63, 3.8) is 0 Å². The molecule has 5 heteroatoms. The Kier molecular flexibility index (Phi) is 5.73. The Labute approximate surface area is 132 Å². The van der Waals surface area contributed by atoms with E-state index in [1.165, 1.54) is 12.1 Å². The predicted octanol–water partition coefficient (Wildman–Crippen LogP) is 3.21. The number of halogens is 2. The quantitative estimate of drug-likeness (QED) is 0.619. The van der Waals surface area contributed by atoms with Gasteiger partial charge in [0.2, 0.25) is 0 Å². The summed E-state index contributed by atoms with van der Waals surface area (Å²) in [6, 6.07) is 12.5. The Morgan fingerprint density at radius 2 is 1.76 bits per heavy atom. The number of rotatable bonds is 6. The largest absolute Gasteiger partial charge is 0.496 e. The zero-order valence-electron chi connectivity index (χ0n) is 11.8. The standard InChI is InChI=1S/C16H18BrFN2O/c1-21-16-7-4-12(10-15(16)17)9-14(20-19)8-11-2-5-13(18)6-3-11/h2-7,10,14,20H,8-9,19H2,1H3. The molecule has 2 rings (SSSR count). The molecule has 21 heavy (non-hydrogen) atoms. The van der Waals surface area contributed by atoms with Gasteiger partial charge in [0, 0.05) is 6.04 Å². The molecule has 1 unspecified atom stereocenters. The zero-order chi connectivity index (χ0) is 15.2. The second-order valence-electron chi connectivity index (χ2n) is 4.87. The van der Waals surface area contributed by atoms with Crippen molar-refractivity contribution in [1.82, 2.24) is 5.43 Å². The fourth-order valence-electron chi connectivity index (χ4n) is 2.22. The van der Waals surface area contributed by atoms with E-state index in [0.29, 0.717) is 0 Å². The third-order valence-electron chi connectivity index (χ3n) is 3.33. The molecule has 0 radical (unpaired) electrons. The van der Waals surface area contributed by atoms with Gasteiger partial charge < -0.3 is 4.74 Å². The fourth-order valence-corrected chi connectivity index (χ4v) is 2.80. The highest BCUT2D eigenvalue weighted by atomic mass is 79.9. The van der Waals surface area contributed by atoms with Crippen LogP contribution in [0.25, 0.3) is 0 Å². The average Bonchev–Trinajstić information content (AvgIpc) is 2.49. The summed E-state index contributed by atoms with van der Waals surface area (Å²) in [6.45, 7) is 0. The third-order valence-corrected chi connectivity index (χ3v) is 3.95. The highest BCUT2D eigenvalue weighted by Crippen LogP contribution is 2.26. The van der Waals surface area contributed by atoms with Gasteiger partial charge in [0.05, 0.1) is 11.6 Å². The molecule has 0 aliphatic heterocycles. The number of ether oxygens (including phenoxy) is 1. The van der Waals surface area contributed by atoms with Crippen LogP contribution in [0.15, 0.2) is 46.9 Å². The Bertz CT molecular complexity index is 589. The van der Waals surface area contributed by atoms with E-state index in [-0.39, 0.29) is 11.9 Å². The molecule has 3 nitrogen and oxygen atoms in total. The van der Waals surface area contributed by atoms with Crippen molar-refractivity contribution in [3.05, 3.63) is 63.9 Å². The zero-order valence-corrected chi connectivity index (χ0v) is 13.4. The van der Waals surface area contributed by atoms with Crippen molar-refractivity contribution in [2.24, 2.45) is 5.84 Å². The van der Waals surface area contributed by atoms with E-state index in [2.05, 4.69) is 21.4 Å². The van der Waals surface area contributed by atoms with Crippen molar-refractivity contribution in [2.45, 2.75) is 18.9 Å². The van der Waals surface area contributed by atoms with Gasteiger partial charge >= 0.3 is 0 Å². The van der Waals surface area contributed by atoms with Crippen LogP contribution in [0.1, 0.15) is 11.1 Å². The molecule has 2 aromatic carbocycles. The number of methoxy groups -OCH3 is 1. The molecule has 0 heterocycles. The first-order valence-electron chi connectivity index (χ1n) is 6.65. The molecular weight excluding hydrogens is 335 g/mol. The van der Waals surface area contributed by atoms with Gasteiger partial charge in [0.15, 0.2) is 0 Å². The summed E-state index contributed by atoms with van der Waals surface area (Å²) < 4.78 is 19.0. The molecule has 1 atom stereocenters. The molecule has 0 bridgehead atoms. The minimum Gasteiger partial charge on any atom is -0.496 e. The Balaban J connectivity index is 2.05. The molecule has 0 aliphatic carbocycles. The normalized spacial score (nSPS) is 12.2. The van der Waals surface area contributed by atoms with Crippen LogP contribution in [0.4, 0.5) is 4.39 Å². The summed E-state index contributed by atoms with van der Waals surface area (Å²) in [5, 5.41) is 0. The first-order chi connectivity index (χ1) is 10.1. The lowest BCUT2D eigenvalue weighted by molar-refractivity contribution is 0.412. The molecule has 0 spiro atoms. The molecule has 112 valence electrons. The SMILES string of the molecule is COc1ccc(CC(Cc2ccc(F)cc2)NN)cc1Br. The maximum atomic E-state index is 12.9. The maximum absolute atomic E-state index is 12.9. The van der Waals surface area contributed by atoms with Crippen LogP contribution < -0.4 is 16.0 Å². The Hall–Kier alpha value is -1.43. The van der Waals surface area contributed by atoms with E-state index in [4.69, 9.17) is 10.6 Å². The number of hydrogen-bond acceptors (Lipinski definition) is 3. The highest BCUT2D eigenvalue weighted by molar-refractivity contribution is 9.10. The first kappa shape index (κ1) is 15.9. The summed E-state index contributed by atoms with van der Waals surface area (Å²) in [6.07, 6.45) is 1.51. The van der Waals surface area contributed by atoms with Crippen LogP contribution in [-0.2, 0) is 12.8 Å². The second kappa shape index (κ2) is 7.54. The molecule has 0 saturated carbocycles. The summed E-state index contributed by atoms with van der Waals surface area (Å²) >= 11 is 3.48. The van der Waals surface area contributed by atoms with Crippen molar-refractivity contribution in [3.8, 4) is 5.75 Å². The lowest BCUT2D eigenvalue weighted by atomic mass is 9.99. The van der Waals surface area contributed by atoms with Gasteiger partial charge in [-0.1, -0.05) is 18.2 Å². The van der Waals surface area contributed by atoms with Crippen molar-refractivity contribution in [1.29, 1.82) is 0 Å². The second-order valence-corrected chi connectivity index (χ2v) is 5.72. The molecule has 0 aliphatic rings. The number of nitrogens with one attached hydrogen (secondary N) is 1. The number of nitrogens with two attached hydrogens (primary N) is 1. The van der Waals surface area contributed by atoms with Crippen molar-refractivity contribution < 1.29 is 9.13 Å². The third kappa shape index (κ3) is 4.52. The van der Waals surface area contributed by atoms with Gasteiger partial charge in [-0.25, -0.2) is 4.39 Å². The number of hydrogen-bond donors (Lipinski definition) is 2. The van der Waals surface area contributed by atoms with Crippen LogP contribution in [0.2, 0.25) is 0 Å². The van der Waals surface area contributed by atoms with Gasteiger partial charge in [0.1, 0.15) is 11.6 Å². The van der Waals surface area contributed by atoms with Crippen LogP contribution in [0.5, 0.6) is 5.75 Å². The molecule has 0 aromatic heterocycles. The smallest absolute Gasteiger partial charge is 0.133 e. The summed E-state index contributed by atoms with van der Waals surface area (Å²) in [5.74, 6) is 6.21. The fraction of sp³-hybridized carbons (Fsp3) is 0.250. The molecule has 0 saturated heterocycles. The molecule has 3 N–H and O–H groups in total. The van der Waals surface area contributed by atoms with Gasteiger partial charge in [0.25, 0.3) is 0 Å². The van der Waals surface area contributed by atoms with Gasteiger partial charge in [-0.15, -0.1) is 0 Å². The minimum atomic E-state index is -0.227. The van der Waals surface area contributed by atoms with Crippen molar-refractivity contribution in [2.75, 3.05) is 7.11 Å².